The van der Waals surface area contributed by atoms with Crippen LogP contribution in [0.15, 0.2) is 0 Å². The summed E-state index contributed by atoms with van der Waals surface area (Å²) in [4.78, 5) is 26.2. The summed E-state index contributed by atoms with van der Waals surface area (Å²) < 4.78 is 10.5. The summed E-state index contributed by atoms with van der Waals surface area (Å²) in [6, 6.07) is 0.312. The number of ether oxygens (including phenoxy) is 2. The zero-order valence-electron chi connectivity index (χ0n) is 13.4. The summed E-state index contributed by atoms with van der Waals surface area (Å²) >= 11 is 5.48. The number of nitrogens with zero attached hydrogens (tertiary/aromatic N) is 1. The van der Waals surface area contributed by atoms with E-state index in [1.54, 1.807) is 0 Å². The van der Waals surface area contributed by atoms with Gasteiger partial charge in [-0.05, 0) is 58.3 Å². The van der Waals surface area contributed by atoms with Crippen LogP contribution in [0.2, 0.25) is 0 Å². The van der Waals surface area contributed by atoms with Gasteiger partial charge in [-0.3, -0.25) is 4.79 Å². The van der Waals surface area contributed by atoms with Gasteiger partial charge in [0, 0.05) is 12.1 Å². The van der Waals surface area contributed by atoms with Gasteiger partial charge in [0.15, 0.2) is 6.07 Å². The Labute approximate surface area is 136 Å². The van der Waals surface area contributed by atoms with E-state index in [1.807, 2.05) is 25.7 Å². The Kier molecular flexibility index (Phi) is 3.83. The predicted octanol–water partition coefficient (Wildman–Crippen LogP) is 3.29. The van der Waals surface area contributed by atoms with Crippen molar-refractivity contribution in [2.45, 2.75) is 70.6 Å². The molecule has 6 heteroatoms. The number of fused-ring (bicyclic) bond motifs is 2. The van der Waals surface area contributed by atoms with Gasteiger partial charge in [-0.1, -0.05) is 11.6 Å². The van der Waals surface area contributed by atoms with Crippen molar-refractivity contribution in [3.05, 3.63) is 0 Å². The molecule has 22 heavy (non-hydrogen) atoms. The highest BCUT2D eigenvalue weighted by Gasteiger charge is 2.65. The van der Waals surface area contributed by atoms with Crippen LogP contribution in [0, 0.1) is 11.3 Å². The van der Waals surface area contributed by atoms with E-state index < -0.39 is 5.60 Å². The average Bonchev–Trinajstić information content (AvgIpc) is 2.99. The standard InChI is InChI=1S/C16H24ClNO4/c1-15(2,3)22-14(20)18-10-4-5-11(18)7-16(6-10)8-12(16)13(19)21-9-17/h10-12H,4-9H2,1-3H3. The minimum atomic E-state index is -0.474. The molecular weight excluding hydrogens is 306 g/mol. The van der Waals surface area contributed by atoms with Gasteiger partial charge in [-0.25, -0.2) is 4.79 Å². The van der Waals surface area contributed by atoms with Gasteiger partial charge in [0.2, 0.25) is 0 Å². The summed E-state index contributed by atoms with van der Waals surface area (Å²) in [6.45, 7) is 5.66. The van der Waals surface area contributed by atoms with E-state index in [0.717, 1.165) is 32.1 Å². The first kappa shape index (κ1) is 15.9. The molecule has 1 aliphatic carbocycles. The normalized spacial score (nSPS) is 36.4. The molecule has 124 valence electrons. The Morgan fingerprint density at radius 1 is 1.18 bits per heavy atom. The van der Waals surface area contributed by atoms with E-state index in [4.69, 9.17) is 21.1 Å². The van der Waals surface area contributed by atoms with Crippen molar-refractivity contribution in [3.8, 4) is 0 Å². The minimum Gasteiger partial charge on any atom is -0.449 e. The number of amides is 1. The molecule has 5 nitrogen and oxygen atoms in total. The molecular formula is C16H24ClNO4. The van der Waals surface area contributed by atoms with Gasteiger partial charge in [0.05, 0.1) is 5.92 Å². The van der Waals surface area contributed by atoms with E-state index in [9.17, 15) is 9.59 Å². The lowest BCUT2D eigenvalue weighted by Crippen LogP contribution is -2.49. The second-order valence-corrected chi connectivity index (χ2v) is 8.09. The second-order valence-electron chi connectivity index (χ2n) is 7.87. The Balaban J connectivity index is 1.66. The van der Waals surface area contributed by atoms with Crippen LogP contribution in [-0.2, 0) is 14.3 Å². The van der Waals surface area contributed by atoms with Crippen molar-refractivity contribution in [2.24, 2.45) is 11.3 Å². The molecule has 2 saturated heterocycles. The number of halogens is 1. The third-order valence-electron chi connectivity index (χ3n) is 5.18. The zero-order valence-corrected chi connectivity index (χ0v) is 14.2. The molecule has 0 aromatic carbocycles. The maximum Gasteiger partial charge on any atom is 0.410 e. The Hall–Kier alpha value is -0.970. The molecule has 3 unspecified atom stereocenters. The van der Waals surface area contributed by atoms with E-state index in [0.29, 0.717) is 0 Å². The molecule has 3 fully saturated rings. The van der Waals surface area contributed by atoms with Crippen LogP contribution in [0.3, 0.4) is 0 Å². The molecule has 2 bridgehead atoms. The number of piperidine rings is 1. The van der Waals surface area contributed by atoms with Crippen molar-refractivity contribution in [1.82, 2.24) is 4.90 Å². The van der Waals surface area contributed by atoms with Crippen molar-refractivity contribution in [3.63, 3.8) is 0 Å². The van der Waals surface area contributed by atoms with Crippen molar-refractivity contribution in [1.29, 1.82) is 0 Å². The fourth-order valence-electron chi connectivity index (χ4n) is 4.28. The summed E-state index contributed by atoms with van der Waals surface area (Å²) in [7, 11) is 0. The molecule has 3 atom stereocenters. The van der Waals surface area contributed by atoms with Crippen LogP contribution in [0.5, 0.6) is 0 Å². The van der Waals surface area contributed by atoms with E-state index >= 15 is 0 Å². The van der Waals surface area contributed by atoms with Crippen molar-refractivity contribution in [2.75, 3.05) is 6.07 Å². The lowest BCUT2D eigenvalue weighted by Gasteiger charge is -2.40. The summed E-state index contributed by atoms with van der Waals surface area (Å²) in [5.74, 6) is -0.213. The van der Waals surface area contributed by atoms with E-state index in [1.165, 1.54) is 0 Å². The highest BCUT2D eigenvalue weighted by atomic mass is 35.5. The van der Waals surface area contributed by atoms with E-state index in [-0.39, 0.29) is 41.5 Å². The second kappa shape index (κ2) is 5.29. The molecule has 3 aliphatic rings. The summed E-state index contributed by atoms with van der Waals surface area (Å²) in [5, 5.41) is 0. The first-order valence-electron chi connectivity index (χ1n) is 8.00. The molecule has 1 spiro atoms. The van der Waals surface area contributed by atoms with Crippen LogP contribution in [-0.4, -0.2) is 40.7 Å². The highest BCUT2D eigenvalue weighted by molar-refractivity contribution is 6.17. The predicted molar refractivity (Wildman–Crippen MR) is 81.5 cm³/mol. The third kappa shape index (κ3) is 2.80. The van der Waals surface area contributed by atoms with Gasteiger partial charge in [0.25, 0.3) is 0 Å². The van der Waals surface area contributed by atoms with Crippen LogP contribution < -0.4 is 0 Å². The lowest BCUT2D eigenvalue weighted by atomic mass is 9.85. The number of carbonyl (C=O) groups is 2. The van der Waals surface area contributed by atoms with Gasteiger partial charge < -0.3 is 14.4 Å². The highest BCUT2D eigenvalue weighted by Crippen LogP contribution is 2.64. The molecule has 2 heterocycles. The minimum absolute atomic E-state index is 0.0323. The van der Waals surface area contributed by atoms with Gasteiger partial charge in [-0.2, -0.15) is 0 Å². The number of hydrogen-bond donors (Lipinski definition) is 0. The first-order valence-corrected chi connectivity index (χ1v) is 8.53. The molecule has 1 amide bonds. The largest absolute Gasteiger partial charge is 0.449 e. The van der Waals surface area contributed by atoms with Gasteiger partial charge in [0.1, 0.15) is 5.60 Å². The molecule has 0 N–H and O–H groups in total. The maximum atomic E-state index is 12.4. The fraction of sp³-hybridized carbons (Fsp3) is 0.875. The smallest absolute Gasteiger partial charge is 0.410 e. The molecule has 1 saturated carbocycles. The number of hydrogen-bond acceptors (Lipinski definition) is 4. The zero-order chi connectivity index (χ0) is 16.1. The van der Waals surface area contributed by atoms with Crippen LogP contribution in [0.25, 0.3) is 0 Å². The number of alkyl halides is 1. The number of carbonyl (C=O) groups excluding carboxylic acids is 2. The van der Waals surface area contributed by atoms with Crippen LogP contribution in [0.1, 0.15) is 52.9 Å². The maximum absolute atomic E-state index is 12.4. The Morgan fingerprint density at radius 3 is 2.27 bits per heavy atom. The summed E-state index contributed by atoms with van der Waals surface area (Å²) in [6.07, 6.45) is 4.43. The van der Waals surface area contributed by atoms with Crippen molar-refractivity contribution < 1.29 is 19.1 Å². The van der Waals surface area contributed by atoms with Gasteiger partial charge in [-0.15, -0.1) is 0 Å². The van der Waals surface area contributed by atoms with Crippen molar-refractivity contribution >= 4 is 23.7 Å². The topological polar surface area (TPSA) is 55.8 Å². The third-order valence-corrected chi connectivity index (χ3v) is 5.29. The lowest BCUT2D eigenvalue weighted by molar-refractivity contribution is -0.144. The molecule has 0 aromatic rings. The molecule has 0 aromatic heterocycles. The summed E-state index contributed by atoms with van der Waals surface area (Å²) in [5.41, 5.74) is -0.439. The first-order chi connectivity index (χ1) is 10.3. The average molecular weight is 330 g/mol. The number of rotatable bonds is 2. The SMILES string of the molecule is CC(C)(C)OC(=O)N1C2CCC1CC1(C2)CC1C(=O)OCCl. The molecule has 2 aliphatic heterocycles. The monoisotopic (exact) mass is 329 g/mol. The quantitative estimate of drug-likeness (QED) is 0.576. The van der Waals surface area contributed by atoms with Crippen LogP contribution >= 0.6 is 11.6 Å². The van der Waals surface area contributed by atoms with Gasteiger partial charge >= 0.3 is 12.1 Å². The number of esters is 1. The molecule has 0 radical (unpaired) electrons. The fourth-order valence-corrected chi connectivity index (χ4v) is 4.39. The molecule has 3 rings (SSSR count). The van der Waals surface area contributed by atoms with Crippen LogP contribution in [0.4, 0.5) is 4.79 Å². The van der Waals surface area contributed by atoms with E-state index in [2.05, 4.69) is 0 Å². The Bertz CT molecular complexity index is 473. The Morgan fingerprint density at radius 2 is 1.77 bits per heavy atom.